The average molecular weight is 380 g/mol. The Balaban J connectivity index is 1.89. The van der Waals surface area contributed by atoms with E-state index in [9.17, 15) is 4.79 Å². The molecule has 0 heterocycles. The monoisotopic (exact) mass is 379 g/mol. The standard InChI is InChI=1S/C19H29N3O3S/c1-12(2)25-16-10-9-14(11-17(16)24-4)18(23)21-22-19(26)20-15-8-6-5-7-13(15)3/h9-13,15H,5-8H2,1-4H3,(H,21,23)(H2,20,22,26)/t13-,15+/m1/s1. The topological polar surface area (TPSA) is 71.6 Å². The molecule has 1 fully saturated rings. The van der Waals surface area contributed by atoms with Crippen LogP contribution in [-0.2, 0) is 0 Å². The number of hydrogen-bond acceptors (Lipinski definition) is 4. The molecule has 0 aliphatic heterocycles. The number of hydrazine groups is 1. The van der Waals surface area contributed by atoms with E-state index in [1.807, 2.05) is 13.8 Å². The largest absolute Gasteiger partial charge is 0.493 e. The van der Waals surface area contributed by atoms with Crippen LogP contribution in [0.15, 0.2) is 18.2 Å². The van der Waals surface area contributed by atoms with Crippen LogP contribution in [0.25, 0.3) is 0 Å². The molecular weight excluding hydrogens is 350 g/mol. The fourth-order valence-corrected chi connectivity index (χ4v) is 3.28. The van der Waals surface area contributed by atoms with Crippen LogP contribution in [0.2, 0.25) is 0 Å². The lowest BCUT2D eigenvalue weighted by Crippen LogP contribution is -2.51. The smallest absolute Gasteiger partial charge is 0.269 e. The zero-order chi connectivity index (χ0) is 19.1. The highest BCUT2D eigenvalue weighted by molar-refractivity contribution is 7.80. The van der Waals surface area contributed by atoms with Gasteiger partial charge in [-0.2, -0.15) is 0 Å². The Bertz CT molecular complexity index is 636. The Labute approximate surface area is 161 Å². The molecule has 1 aliphatic carbocycles. The molecule has 0 unspecified atom stereocenters. The summed E-state index contributed by atoms with van der Waals surface area (Å²) in [4.78, 5) is 12.3. The van der Waals surface area contributed by atoms with Gasteiger partial charge in [0.15, 0.2) is 16.6 Å². The molecule has 1 amide bonds. The van der Waals surface area contributed by atoms with Crippen LogP contribution in [0, 0.1) is 5.92 Å². The summed E-state index contributed by atoms with van der Waals surface area (Å²) >= 11 is 5.29. The first kappa shape index (κ1) is 20.3. The number of hydrogen-bond donors (Lipinski definition) is 3. The van der Waals surface area contributed by atoms with Crippen LogP contribution in [0.4, 0.5) is 0 Å². The van der Waals surface area contributed by atoms with Crippen molar-refractivity contribution in [2.75, 3.05) is 7.11 Å². The summed E-state index contributed by atoms with van der Waals surface area (Å²) in [7, 11) is 1.55. The van der Waals surface area contributed by atoms with Gasteiger partial charge in [-0.3, -0.25) is 15.6 Å². The van der Waals surface area contributed by atoms with Gasteiger partial charge in [0.05, 0.1) is 13.2 Å². The maximum absolute atomic E-state index is 12.3. The predicted octanol–water partition coefficient (Wildman–Crippen LogP) is 3.17. The van der Waals surface area contributed by atoms with E-state index >= 15 is 0 Å². The number of ether oxygens (including phenoxy) is 2. The van der Waals surface area contributed by atoms with Crippen LogP contribution in [0.1, 0.15) is 56.8 Å². The highest BCUT2D eigenvalue weighted by Gasteiger charge is 2.21. The lowest BCUT2D eigenvalue weighted by Gasteiger charge is -2.30. The number of carbonyl (C=O) groups excluding carboxylic acids is 1. The van der Waals surface area contributed by atoms with Gasteiger partial charge in [-0.15, -0.1) is 0 Å². The van der Waals surface area contributed by atoms with E-state index in [0.717, 1.165) is 6.42 Å². The fourth-order valence-electron chi connectivity index (χ4n) is 3.08. The third-order valence-electron chi connectivity index (χ3n) is 4.51. The Hall–Kier alpha value is -2.02. The molecule has 0 bridgehead atoms. The molecule has 0 saturated heterocycles. The van der Waals surface area contributed by atoms with Crippen molar-refractivity contribution in [2.24, 2.45) is 5.92 Å². The molecule has 0 radical (unpaired) electrons. The van der Waals surface area contributed by atoms with Gasteiger partial charge < -0.3 is 14.8 Å². The molecule has 6 nitrogen and oxygen atoms in total. The number of benzene rings is 1. The van der Waals surface area contributed by atoms with E-state index in [1.54, 1.807) is 25.3 Å². The van der Waals surface area contributed by atoms with E-state index < -0.39 is 0 Å². The Kier molecular flexibility index (Phi) is 7.50. The quantitative estimate of drug-likeness (QED) is 0.539. The summed E-state index contributed by atoms with van der Waals surface area (Å²) in [6.07, 6.45) is 4.81. The molecular formula is C19H29N3O3S. The third kappa shape index (κ3) is 5.76. The van der Waals surface area contributed by atoms with E-state index in [-0.39, 0.29) is 12.0 Å². The molecule has 0 aromatic heterocycles. The highest BCUT2D eigenvalue weighted by Crippen LogP contribution is 2.29. The van der Waals surface area contributed by atoms with Crippen molar-refractivity contribution in [1.29, 1.82) is 0 Å². The van der Waals surface area contributed by atoms with Crippen LogP contribution >= 0.6 is 12.2 Å². The molecule has 2 atom stereocenters. The molecule has 1 aliphatic rings. The minimum Gasteiger partial charge on any atom is -0.493 e. The van der Waals surface area contributed by atoms with Crippen LogP contribution in [0.3, 0.4) is 0 Å². The molecule has 1 aromatic carbocycles. The highest BCUT2D eigenvalue weighted by atomic mass is 32.1. The zero-order valence-electron chi connectivity index (χ0n) is 15.9. The molecule has 144 valence electrons. The van der Waals surface area contributed by atoms with E-state index in [4.69, 9.17) is 21.7 Å². The number of methoxy groups -OCH3 is 1. The van der Waals surface area contributed by atoms with Gasteiger partial charge in [-0.05, 0) is 63.0 Å². The molecule has 0 spiro atoms. The average Bonchev–Trinajstić information content (AvgIpc) is 2.61. The summed E-state index contributed by atoms with van der Waals surface area (Å²) in [5.41, 5.74) is 5.87. The van der Waals surface area contributed by atoms with Crippen LogP contribution in [-0.4, -0.2) is 30.3 Å². The van der Waals surface area contributed by atoms with Gasteiger partial charge in [0, 0.05) is 11.6 Å². The van der Waals surface area contributed by atoms with Gasteiger partial charge >= 0.3 is 0 Å². The number of nitrogens with one attached hydrogen (secondary N) is 3. The molecule has 3 N–H and O–H groups in total. The molecule has 1 aromatic rings. The predicted molar refractivity (Wildman–Crippen MR) is 107 cm³/mol. The molecule has 1 saturated carbocycles. The second kappa shape index (κ2) is 9.62. The van der Waals surface area contributed by atoms with Crippen molar-refractivity contribution in [3.8, 4) is 11.5 Å². The summed E-state index contributed by atoms with van der Waals surface area (Å²) in [5, 5.41) is 3.72. The SMILES string of the molecule is COc1cc(C(=O)NNC(=S)N[C@H]2CCCC[C@H]2C)ccc1OC(C)C. The summed E-state index contributed by atoms with van der Waals surface area (Å²) in [5.74, 6) is 1.41. The summed E-state index contributed by atoms with van der Waals surface area (Å²) < 4.78 is 11.0. The maximum atomic E-state index is 12.3. The van der Waals surface area contributed by atoms with Crippen molar-refractivity contribution in [2.45, 2.75) is 58.6 Å². The second-order valence-electron chi connectivity index (χ2n) is 6.95. The number of thiocarbonyl (C=S) groups is 1. The number of rotatable bonds is 5. The Morgan fingerprint density at radius 3 is 2.58 bits per heavy atom. The van der Waals surface area contributed by atoms with Gasteiger partial charge in [0.1, 0.15) is 0 Å². The number of amides is 1. The van der Waals surface area contributed by atoms with Crippen molar-refractivity contribution in [1.82, 2.24) is 16.2 Å². The molecule has 2 rings (SSSR count). The lowest BCUT2D eigenvalue weighted by atomic mass is 9.86. The van der Waals surface area contributed by atoms with Gasteiger partial charge in [0.25, 0.3) is 5.91 Å². The first-order valence-corrected chi connectivity index (χ1v) is 9.53. The minimum absolute atomic E-state index is 0.0240. The normalized spacial score (nSPS) is 19.6. The molecule has 26 heavy (non-hydrogen) atoms. The van der Waals surface area contributed by atoms with E-state index in [2.05, 4.69) is 23.1 Å². The first-order valence-electron chi connectivity index (χ1n) is 9.12. The van der Waals surface area contributed by atoms with Crippen molar-refractivity contribution in [3.63, 3.8) is 0 Å². The van der Waals surface area contributed by atoms with Crippen molar-refractivity contribution < 1.29 is 14.3 Å². The Morgan fingerprint density at radius 1 is 1.19 bits per heavy atom. The molecule has 7 heteroatoms. The summed E-state index contributed by atoms with van der Waals surface area (Å²) in [6, 6.07) is 5.42. The first-order chi connectivity index (χ1) is 12.4. The Morgan fingerprint density at radius 2 is 1.92 bits per heavy atom. The second-order valence-corrected chi connectivity index (χ2v) is 7.36. The minimum atomic E-state index is -0.291. The van der Waals surface area contributed by atoms with Crippen LogP contribution < -0.4 is 25.6 Å². The fraction of sp³-hybridized carbons (Fsp3) is 0.579. The number of carbonyl (C=O) groups is 1. The lowest BCUT2D eigenvalue weighted by molar-refractivity contribution is 0.0943. The van der Waals surface area contributed by atoms with Gasteiger partial charge in [-0.1, -0.05) is 19.8 Å². The van der Waals surface area contributed by atoms with E-state index in [0.29, 0.717) is 34.1 Å². The van der Waals surface area contributed by atoms with Gasteiger partial charge in [0.2, 0.25) is 0 Å². The van der Waals surface area contributed by atoms with E-state index in [1.165, 1.54) is 19.3 Å². The zero-order valence-corrected chi connectivity index (χ0v) is 16.7. The van der Waals surface area contributed by atoms with Crippen molar-refractivity contribution >= 4 is 23.2 Å². The van der Waals surface area contributed by atoms with Crippen molar-refractivity contribution in [3.05, 3.63) is 23.8 Å². The third-order valence-corrected chi connectivity index (χ3v) is 4.73. The maximum Gasteiger partial charge on any atom is 0.269 e. The van der Waals surface area contributed by atoms with Gasteiger partial charge in [-0.25, -0.2) is 0 Å². The van der Waals surface area contributed by atoms with Crippen LogP contribution in [0.5, 0.6) is 11.5 Å². The summed E-state index contributed by atoms with van der Waals surface area (Å²) in [6.45, 7) is 6.10.